The zero-order chi connectivity index (χ0) is 13.1. The molecule has 102 valence electrons. The van der Waals surface area contributed by atoms with Crippen LogP contribution in [0.2, 0.25) is 0 Å². The molecule has 0 aromatic rings. The lowest BCUT2D eigenvalue weighted by Gasteiger charge is -2.25. The van der Waals surface area contributed by atoms with Crippen LogP contribution in [0, 0.1) is 5.92 Å². The standard InChI is InChI=1S/C14H30N2O/c1-4-6-11-16(12-7-5-2)14(17)13(3)9-8-10-15/h13H,4-12,15H2,1-3H3. The van der Waals surface area contributed by atoms with Crippen molar-refractivity contribution in [1.82, 2.24) is 4.90 Å². The third-order valence-corrected chi connectivity index (χ3v) is 3.14. The van der Waals surface area contributed by atoms with Gasteiger partial charge in [-0.3, -0.25) is 4.79 Å². The molecule has 3 nitrogen and oxygen atoms in total. The van der Waals surface area contributed by atoms with Crippen LogP contribution >= 0.6 is 0 Å². The largest absolute Gasteiger partial charge is 0.342 e. The number of rotatable bonds is 10. The van der Waals surface area contributed by atoms with Crippen LogP contribution in [0.1, 0.15) is 59.3 Å². The van der Waals surface area contributed by atoms with Crippen molar-refractivity contribution in [3.05, 3.63) is 0 Å². The lowest BCUT2D eigenvalue weighted by Crippen LogP contribution is -2.36. The summed E-state index contributed by atoms with van der Waals surface area (Å²) in [6.07, 6.45) is 6.38. The van der Waals surface area contributed by atoms with Crippen molar-refractivity contribution in [3.8, 4) is 0 Å². The Bertz CT molecular complexity index is 187. The summed E-state index contributed by atoms with van der Waals surface area (Å²) < 4.78 is 0. The molecule has 0 aliphatic heterocycles. The first-order valence-electron chi connectivity index (χ1n) is 7.16. The summed E-state index contributed by atoms with van der Waals surface area (Å²) in [6, 6.07) is 0. The summed E-state index contributed by atoms with van der Waals surface area (Å²) in [5.41, 5.74) is 5.49. The van der Waals surface area contributed by atoms with E-state index in [1.807, 2.05) is 11.8 Å². The number of unbranched alkanes of at least 4 members (excludes halogenated alkanes) is 2. The molecule has 0 radical (unpaired) electrons. The van der Waals surface area contributed by atoms with E-state index in [9.17, 15) is 4.79 Å². The molecule has 0 fully saturated rings. The van der Waals surface area contributed by atoms with Crippen molar-refractivity contribution in [2.24, 2.45) is 11.7 Å². The highest BCUT2D eigenvalue weighted by atomic mass is 16.2. The molecule has 0 aromatic carbocycles. The van der Waals surface area contributed by atoms with E-state index in [2.05, 4.69) is 13.8 Å². The molecular weight excluding hydrogens is 212 g/mol. The maximum atomic E-state index is 12.2. The van der Waals surface area contributed by atoms with E-state index in [1.165, 1.54) is 0 Å². The van der Waals surface area contributed by atoms with Crippen molar-refractivity contribution < 1.29 is 4.79 Å². The fourth-order valence-electron chi connectivity index (χ4n) is 1.89. The minimum atomic E-state index is 0.132. The average molecular weight is 242 g/mol. The number of nitrogens with zero attached hydrogens (tertiary/aromatic N) is 1. The van der Waals surface area contributed by atoms with Gasteiger partial charge in [0.05, 0.1) is 0 Å². The van der Waals surface area contributed by atoms with E-state index in [-0.39, 0.29) is 5.92 Å². The predicted octanol–water partition coefficient (Wildman–Crippen LogP) is 2.79. The van der Waals surface area contributed by atoms with Crippen molar-refractivity contribution in [1.29, 1.82) is 0 Å². The second-order valence-corrected chi connectivity index (χ2v) is 4.86. The molecule has 0 aromatic heterocycles. The van der Waals surface area contributed by atoms with Crippen LogP contribution in [0.15, 0.2) is 0 Å². The molecule has 17 heavy (non-hydrogen) atoms. The molecule has 0 spiro atoms. The Morgan fingerprint density at radius 1 is 1.12 bits per heavy atom. The summed E-state index contributed by atoms with van der Waals surface area (Å²) in [7, 11) is 0. The first kappa shape index (κ1) is 16.4. The lowest BCUT2D eigenvalue weighted by atomic mass is 10.0. The highest BCUT2D eigenvalue weighted by Crippen LogP contribution is 2.11. The fourth-order valence-corrected chi connectivity index (χ4v) is 1.89. The molecule has 1 unspecified atom stereocenters. The average Bonchev–Trinajstić information content (AvgIpc) is 2.35. The zero-order valence-electron chi connectivity index (χ0n) is 11.9. The van der Waals surface area contributed by atoms with Gasteiger partial charge in [-0.2, -0.15) is 0 Å². The number of nitrogens with two attached hydrogens (primary N) is 1. The second-order valence-electron chi connectivity index (χ2n) is 4.86. The van der Waals surface area contributed by atoms with Gasteiger partial charge >= 0.3 is 0 Å². The van der Waals surface area contributed by atoms with Crippen LogP contribution in [-0.2, 0) is 4.79 Å². The maximum absolute atomic E-state index is 12.2. The van der Waals surface area contributed by atoms with Crippen LogP contribution < -0.4 is 5.73 Å². The minimum absolute atomic E-state index is 0.132. The Labute approximate surface area is 107 Å². The number of carbonyl (C=O) groups excluding carboxylic acids is 1. The van der Waals surface area contributed by atoms with Crippen molar-refractivity contribution in [2.45, 2.75) is 59.3 Å². The van der Waals surface area contributed by atoms with Gasteiger partial charge in [0.15, 0.2) is 0 Å². The molecule has 1 amide bonds. The minimum Gasteiger partial charge on any atom is -0.342 e. The van der Waals surface area contributed by atoms with Crippen molar-refractivity contribution in [3.63, 3.8) is 0 Å². The lowest BCUT2D eigenvalue weighted by molar-refractivity contribution is -0.135. The van der Waals surface area contributed by atoms with Crippen LogP contribution in [0.5, 0.6) is 0 Å². The zero-order valence-corrected chi connectivity index (χ0v) is 11.9. The third-order valence-electron chi connectivity index (χ3n) is 3.14. The number of carbonyl (C=O) groups is 1. The maximum Gasteiger partial charge on any atom is 0.225 e. The number of hydrogen-bond donors (Lipinski definition) is 1. The van der Waals surface area contributed by atoms with E-state index in [4.69, 9.17) is 5.73 Å². The molecule has 3 heteroatoms. The first-order valence-corrected chi connectivity index (χ1v) is 7.16. The van der Waals surface area contributed by atoms with Gasteiger partial charge in [0, 0.05) is 19.0 Å². The molecule has 0 bridgehead atoms. The van der Waals surface area contributed by atoms with Gasteiger partial charge < -0.3 is 10.6 Å². The van der Waals surface area contributed by atoms with Crippen molar-refractivity contribution in [2.75, 3.05) is 19.6 Å². The van der Waals surface area contributed by atoms with E-state index in [0.717, 1.165) is 51.6 Å². The Morgan fingerprint density at radius 2 is 1.65 bits per heavy atom. The van der Waals surface area contributed by atoms with Crippen molar-refractivity contribution >= 4 is 5.91 Å². The van der Waals surface area contributed by atoms with Gasteiger partial charge in [-0.05, 0) is 32.2 Å². The summed E-state index contributed by atoms with van der Waals surface area (Å²) in [5, 5.41) is 0. The molecule has 0 heterocycles. The Kier molecular flexibility index (Phi) is 10.2. The Balaban J connectivity index is 4.18. The molecule has 0 rings (SSSR count). The van der Waals surface area contributed by atoms with Gasteiger partial charge in [-0.1, -0.05) is 33.6 Å². The Morgan fingerprint density at radius 3 is 2.06 bits per heavy atom. The van der Waals surface area contributed by atoms with Crippen LogP contribution in [0.4, 0.5) is 0 Å². The normalized spacial score (nSPS) is 12.5. The third kappa shape index (κ3) is 7.37. The monoisotopic (exact) mass is 242 g/mol. The predicted molar refractivity (Wildman–Crippen MR) is 73.8 cm³/mol. The van der Waals surface area contributed by atoms with Crippen LogP contribution in [0.25, 0.3) is 0 Å². The van der Waals surface area contributed by atoms with Crippen LogP contribution in [-0.4, -0.2) is 30.4 Å². The summed E-state index contributed by atoms with van der Waals surface area (Å²) in [5.74, 6) is 0.451. The van der Waals surface area contributed by atoms with Gasteiger partial charge in [0.2, 0.25) is 5.91 Å². The first-order chi connectivity index (χ1) is 8.17. The van der Waals surface area contributed by atoms with E-state index < -0.39 is 0 Å². The molecule has 0 saturated heterocycles. The van der Waals surface area contributed by atoms with Gasteiger partial charge in [-0.15, -0.1) is 0 Å². The highest BCUT2D eigenvalue weighted by Gasteiger charge is 2.18. The van der Waals surface area contributed by atoms with Gasteiger partial charge in [0.1, 0.15) is 0 Å². The topological polar surface area (TPSA) is 46.3 Å². The fraction of sp³-hybridized carbons (Fsp3) is 0.929. The quantitative estimate of drug-likeness (QED) is 0.640. The molecule has 0 aliphatic carbocycles. The highest BCUT2D eigenvalue weighted by molar-refractivity contribution is 5.78. The Hall–Kier alpha value is -0.570. The number of amides is 1. The second kappa shape index (κ2) is 10.6. The number of hydrogen-bond acceptors (Lipinski definition) is 2. The SMILES string of the molecule is CCCCN(CCCC)C(=O)C(C)CCCN. The molecule has 1 atom stereocenters. The smallest absolute Gasteiger partial charge is 0.225 e. The van der Waals surface area contributed by atoms with Gasteiger partial charge in [0.25, 0.3) is 0 Å². The van der Waals surface area contributed by atoms with Crippen LogP contribution in [0.3, 0.4) is 0 Å². The van der Waals surface area contributed by atoms with E-state index >= 15 is 0 Å². The summed E-state index contributed by atoms with van der Waals surface area (Å²) in [6.45, 7) is 8.88. The molecule has 0 saturated carbocycles. The van der Waals surface area contributed by atoms with E-state index in [1.54, 1.807) is 0 Å². The molecular formula is C14H30N2O. The van der Waals surface area contributed by atoms with E-state index in [0.29, 0.717) is 12.5 Å². The summed E-state index contributed by atoms with van der Waals surface area (Å²) in [4.78, 5) is 14.3. The van der Waals surface area contributed by atoms with Gasteiger partial charge in [-0.25, -0.2) is 0 Å². The molecule has 0 aliphatic rings. The summed E-state index contributed by atoms with van der Waals surface area (Å²) >= 11 is 0. The molecule has 2 N–H and O–H groups in total.